The summed E-state index contributed by atoms with van der Waals surface area (Å²) < 4.78 is 0. The summed E-state index contributed by atoms with van der Waals surface area (Å²) in [6.45, 7) is 15.9. The summed E-state index contributed by atoms with van der Waals surface area (Å²) >= 11 is 0. The minimum Gasteiger partial charge on any atom is -0.0654 e. The van der Waals surface area contributed by atoms with Crippen LogP contribution in [0.1, 0.15) is 73.1 Å². The molecule has 0 fully saturated rings. The lowest BCUT2D eigenvalue weighted by Crippen LogP contribution is -2.17. The third-order valence-electron chi connectivity index (χ3n) is 3.17. The van der Waals surface area contributed by atoms with E-state index in [0.29, 0.717) is 11.3 Å². The normalized spacial score (nSPS) is 16.4. The van der Waals surface area contributed by atoms with E-state index in [-0.39, 0.29) is 0 Å². The predicted octanol–water partition coefficient (Wildman–Crippen LogP) is 5.48. The van der Waals surface area contributed by atoms with Gasteiger partial charge in [0.1, 0.15) is 0 Å². The fraction of sp³-hybridized carbons (Fsp3) is 0.933. The van der Waals surface area contributed by atoms with E-state index in [4.69, 9.17) is 0 Å². The minimum absolute atomic E-state index is 0.457. The van der Waals surface area contributed by atoms with Gasteiger partial charge in [0.25, 0.3) is 0 Å². The van der Waals surface area contributed by atoms with Crippen molar-refractivity contribution in [3.05, 3.63) is 6.92 Å². The van der Waals surface area contributed by atoms with Crippen LogP contribution in [-0.4, -0.2) is 0 Å². The maximum Gasteiger partial charge on any atom is -0.0380 e. The lowest BCUT2D eigenvalue weighted by molar-refractivity contribution is 0.253. The molecule has 1 radical (unpaired) electrons. The van der Waals surface area contributed by atoms with Crippen LogP contribution in [0, 0.1) is 24.2 Å². The molecule has 0 aliphatic carbocycles. The van der Waals surface area contributed by atoms with E-state index in [9.17, 15) is 0 Å². The van der Waals surface area contributed by atoms with Crippen molar-refractivity contribution in [1.29, 1.82) is 0 Å². The van der Waals surface area contributed by atoms with E-state index in [1.165, 1.54) is 38.5 Å². The summed E-state index contributed by atoms with van der Waals surface area (Å²) in [5.41, 5.74) is 0.457. The van der Waals surface area contributed by atoms with E-state index in [2.05, 4.69) is 41.5 Å². The van der Waals surface area contributed by atoms with Crippen LogP contribution in [0.15, 0.2) is 0 Å². The molecule has 0 N–H and O–H groups in total. The molecule has 2 atom stereocenters. The monoisotopic (exact) mass is 211 g/mol. The summed E-state index contributed by atoms with van der Waals surface area (Å²) in [6, 6.07) is 0. The first-order valence-electron chi connectivity index (χ1n) is 6.70. The van der Waals surface area contributed by atoms with Gasteiger partial charge in [0.05, 0.1) is 0 Å². The number of hydrogen-bond donors (Lipinski definition) is 0. The number of unbranched alkanes of at least 4 members (excludes halogenated alkanes) is 3. The minimum atomic E-state index is 0.457. The Hall–Kier alpha value is 0. The molecule has 2 unspecified atom stereocenters. The highest BCUT2D eigenvalue weighted by molar-refractivity contribution is 4.74. The summed E-state index contributed by atoms with van der Waals surface area (Å²) in [5.74, 6) is 1.42. The molecule has 0 heteroatoms. The molecule has 0 saturated heterocycles. The Bertz CT molecular complexity index is 141. The molecule has 15 heavy (non-hydrogen) atoms. The quantitative estimate of drug-likeness (QED) is 0.489. The highest BCUT2D eigenvalue weighted by atomic mass is 14.2. The molecule has 0 aliphatic rings. The number of rotatable bonds is 7. The molecule has 0 aliphatic heterocycles. The van der Waals surface area contributed by atoms with Gasteiger partial charge < -0.3 is 0 Å². The first-order chi connectivity index (χ1) is 6.87. The molecule has 0 bridgehead atoms. The molecule has 0 nitrogen and oxygen atoms in total. The first kappa shape index (κ1) is 15.0. The largest absolute Gasteiger partial charge is 0.0654 e. The van der Waals surface area contributed by atoms with Gasteiger partial charge in [0.2, 0.25) is 0 Å². The lowest BCUT2D eigenvalue weighted by atomic mass is 9.78. The molecule has 0 amide bonds. The van der Waals surface area contributed by atoms with Gasteiger partial charge in [-0.2, -0.15) is 0 Å². The second-order valence-corrected chi connectivity index (χ2v) is 6.35. The summed E-state index contributed by atoms with van der Waals surface area (Å²) in [4.78, 5) is 0. The average molecular weight is 211 g/mol. The van der Waals surface area contributed by atoms with Crippen LogP contribution in [0.5, 0.6) is 0 Å². The number of hydrogen-bond acceptors (Lipinski definition) is 0. The Balaban J connectivity index is 3.65. The topological polar surface area (TPSA) is 0 Å². The zero-order valence-corrected chi connectivity index (χ0v) is 11.6. The highest BCUT2D eigenvalue weighted by Crippen LogP contribution is 2.30. The van der Waals surface area contributed by atoms with Crippen LogP contribution >= 0.6 is 0 Å². The van der Waals surface area contributed by atoms with Gasteiger partial charge in [0.15, 0.2) is 0 Å². The van der Waals surface area contributed by atoms with E-state index < -0.39 is 0 Å². The van der Waals surface area contributed by atoms with E-state index in [1.807, 2.05) is 0 Å². The van der Waals surface area contributed by atoms with E-state index in [1.54, 1.807) is 0 Å². The van der Waals surface area contributed by atoms with Crippen LogP contribution in [0.4, 0.5) is 0 Å². The molecule has 0 aromatic heterocycles. The molecular formula is C15H31. The molecule has 0 aromatic carbocycles. The van der Waals surface area contributed by atoms with Crippen molar-refractivity contribution < 1.29 is 0 Å². The van der Waals surface area contributed by atoms with Crippen LogP contribution < -0.4 is 0 Å². The molecule has 0 aromatic rings. The van der Waals surface area contributed by atoms with Crippen molar-refractivity contribution in [2.45, 2.75) is 73.1 Å². The summed E-state index contributed by atoms with van der Waals surface area (Å²) in [5, 5.41) is 0. The Labute approximate surface area is 97.8 Å². The second kappa shape index (κ2) is 7.30. The fourth-order valence-electron chi connectivity index (χ4n) is 2.25. The highest BCUT2D eigenvalue weighted by Gasteiger charge is 2.19. The molecule has 0 rings (SSSR count). The van der Waals surface area contributed by atoms with Gasteiger partial charge in [-0.25, -0.2) is 0 Å². The zero-order valence-electron chi connectivity index (χ0n) is 11.6. The van der Waals surface area contributed by atoms with Gasteiger partial charge >= 0.3 is 0 Å². The van der Waals surface area contributed by atoms with E-state index in [0.717, 1.165) is 5.92 Å². The third kappa shape index (κ3) is 8.96. The van der Waals surface area contributed by atoms with Gasteiger partial charge in [-0.1, -0.05) is 66.7 Å². The maximum absolute atomic E-state index is 4.32. The van der Waals surface area contributed by atoms with Crippen LogP contribution in [0.3, 0.4) is 0 Å². The SMILES string of the molecule is [CH2]C(CCCCCC)C(C)CC(C)(C)C. The summed E-state index contributed by atoms with van der Waals surface area (Å²) in [7, 11) is 0. The van der Waals surface area contributed by atoms with E-state index >= 15 is 0 Å². The molecular weight excluding hydrogens is 180 g/mol. The second-order valence-electron chi connectivity index (χ2n) is 6.35. The zero-order chi connectivity index (χ0) is 11.9. The molecule has 0 heterocycles. The Morgan fingerprint density at radius 3 is 2.13 bits per heavy atom. The Morgan fingerprint density at radius 2 is 1.67 bits per heavy atom. The smallest absolute Gasteiger partial charge is 0.0380 e. The maximum atomic E-state index is 4.32. The van der Waals surface area contributed by atoms with Crippen molar-refractivity contribution in [3.8, 4) is 0 Å². The van der Waals surface area contributed by atoms with Gasteiger partial charge in [-0.15, -0.1) is 0 Å². The van der Waals surface area contributed by atoms with Crippen LogP contribution in [0.25, 0.3) is 0 Å². The van der Waals surface area contributed by atoms with Crippen molar-refractivity contribution in [3.63, 3.8) is 0 Å². The Kier molecular flexibility index (Phi) is 7.30. The van der Waals surface area contributed by atoms with Crippen LogP contribution in [-0.2, 0) is 0 Å². The molecule has 0 saturated carbocycles. The molecule has 91 valence electrons. The van der Waals surface area contributed by atoms with Gasteiger partial charge in [-0.3, -0.25) is 0 Å². The predicted molar refractivity (Wildman–Crippen MR) is 70.8 cm³/mol. The van der Waals surface area contributed by atoms with Crippen molar-refractivity contribution in [2.75, 3.05) is 0 Å². The standard InChI is InChI=1S/C15H31/c1-7-8-9-10-11-13(2)14(3)12-15(4,5)6/h13-14H,2,7-12H2,1,3-6H3. The Morgan fingerprint density at radius 1 is 1.07 bits per heavy atom. The van der Waals surface area contributed by atoms with Crippen LogP contribution in [0.2, 0.25) is 0 Å². The average Bonchev–Trinajstić information content (AvgIpc) is 2.09. The summed E-state index contributed by atoms with van der Waals surface area (Å²) in [6.07, 6.45) is 8.10. The fourth-order valence-corrected chi connectivity index (χ4v) is 2.25. The van der Waals surface area contributed by atoms with Gasteiger partial charge in [-0.05, 0) is 30.6 Å². The van der Waals surface area contributed by atoms with Gasteiger partial charge in [0, 0.05) is 0 Å². The van der Waals surface area contributed by atoms with Crippen molar-refractivity contribution in [2.24, 2.45) is 17.3 Å². The lowest BCUT2D eigenvalue weighted by Gasteiger charge is -2.27. The first-order valence-corrected chi connectivity index (χ1v) is 6.70. The molecule has 0 spiro atoms. The third-order valence-corrected chi connectivity index (χ3v) is 3.17. The van der Waals surface area contributed by atoms with Crippen molar-refractivity contribution in [1.82, 2.24) is 0 Å². The van der Waals surface area contributed by atoms with Crippen molar-refractivity contribution >= 4 is 0 Å².